The zero-order valence-electron chi connectivity index (χ0n) is 7.32. The standard InChI is InChI=1S/C9H10ClF3/c1-7(4-3-5-10)6-8(2)9(11,12)13/h3-6H,1-2H3/b5-3+,7-4-,8-6+. The molecule has 0 saturated heterocycles. The fraction of sp³-hybridized carbons (Fsp3) is 0.333. The molecule has 0 N–H and O–H groups in total. The van der Waals surface area contributed by atoms with Gasteiger partial charge in [0, 0.05) is 11.1 Å². The summed E-state index contributed by atoms with van der Waals surface area (Å²) in [7, 11) is 0. The molecule has 0 bridgehead atoms. The van der Waals surface area contributed by atoms with E-state index in [1.165, 1.54) is 17.7 Å². The summed E-state index contributed by atoms with van der Waals surface area (Å²) in [4.78, 5) is 0. The average Bonchev–Trinajstić information content (AvgIpc) is 1.99. The Morgan fingerprint density at radius 3 is 2.15 bits per heavy atom. The van der Waals surface area contributed by atoms with Crippen LogP contribution in [0.5, 0.6) is 0 Å². The fourth-order valence-electron chi connectivity index (χ4n) is 0.660. The number of allylic oxidation sites excluding steroid dienone is 5. The molecule has 0 radical (unpaired) electrons. The maximum atomic E-state index is 12.0. The Morgan fingerprint density at radius 1 is 1.23 bits per heavy atom. The molecule has 0 aliphatic rings. The summed E-state index contributed by atoms with van der Waals surface area (Å²) < 4.78 is 36.0. The molecule has 0 aromatic heterocycles. The minimum Gasteiger partial charge on any atom is -0.166 e. The molecule has 0 saturated carbocycles. The van der Waals surface area contributed by atoms with Crippen LogP contribution in [0.1, 0.15) is 13.8 Å². The molecular formula is C9H10ClF3. The van der Waals surface area contributed by atoms with Crippen LogP contribution >= 0.6 is 11.6 Å². The smallest absolute Gasteiger partial charge is 0.166 e. The van der Waals surface area contributed by atoms with Crippen LogP contribution in [0.2, 0.25) is 0 Å². The van der Waals surface area contributed by atoms with E-state index in [9.17, 15) is 13.2 Å². The lowest BCUT2D eigenvalue weighted by Gasteiger charge is -2.05. The van der Waals surface area contributed by atoms with Gasteiger partial charge in [-0.3, -0.25) is 0 Å². The van der Waals surface area contributed by atoms with E-state index in [4.69, 9.17) is 11.6 Å². The summed E-state index contributed by atoms with van der Waals surface area (Å²) in [5.41, 5.74) is 1.12. The van der Waals surface area contributed by atoms with Crippen molar-refractivity contribution in [3.63, 3.8) is 0 Å². The lowest BCUT2D eigenvalue weighted by Crippen LogP contribution is -2.08. The summed E-state index contributed by atoms with van der Waals surface area (Å²) in [6.07, 6.45) is -0.212. The largest absolute Gasteiger partial charge is 0.412 e. The number of hydrogen-bond donors (Lipinski definition) is 0. The molecule has 4 heteroatoms. The predicted octanol–water partition coefficient (Wildman–Crippen LogP) is 4.19. The quantitative estimate of drug-likeness (QED) is 0.600. The van der Waals surface area contributed by atoms with Gasteiger partial charge in [-0.25, -0.2) is 0 Å². The first-order chi connectivity index (χ1) is 5.88. The molecule has 0 heterocycles. The molecule has 0 rings (SSSR count). The van der Waals surface area contributed by atoms with Crippen molar-refractivity contribution in [2.75, 3.05) is 0 Å². The Hall–Kier alpha value is -0.700. The molecule has 0 aliphatic heterocycles. The Kier molecular flexibility index (Phi) is 4.85. The first-order valence-corrected chi connectivity index (χ1v) is 4.00. The Morgan fingerprint density at radius 2 is 1.77 bits per heavy atom. The molecule has 0 unspecified atom stereocenters. The second-order valence-corrected chi connectivity index (χ2v) is 2.81. The van der Waals surface area contributed by atoms with Crippen LogP contribution in [-0.4, -0.2) is 6.18 Å². The Labute approximate surface area is 80.4 Å². The van der Waals surface area contributed by atoms with Gasteiger partial charge in [0.25, 0.3) is 0 Å². The molecule has 74 valence electrons. The van der Waals surface area contributed by atoms with E-state index in [0.29, 0.717) is 5.57 Å². The molecule has 0 spiro atoms. The number of hydrogen-bond acceptors (Lipinski definition) is 0. The molecule has 0 nitrogen and oxygen atoms in total. The highest BCUT2D eigenvalue weighted by atomic mass is 35.5. The first-order valence-electron chi connectivity index (χ1n) is 3.57. The minimum atomic E-state index is -4.25. The summed E-state index contributed by atoms with van der Waals surface area (Å²) in [6, 6.07) is 0. The van der Waals surface area contributed by atoms with E-state index in [1.807, 2.05) is 0 Å². The van der Waals surface area contributed by atoms with Crippen LogP contribution < -0.4 is 0 Å². The number of rotatable bonds is 2. The van der Waals surface area contributed by atoms with Gasteiger partial charge in [-0.2, -0.15) is 13.2 Å². The van der Waals surface area contributed by atoms with Gasteiger partial charge in [-0.15, -0.1) is 0 Å². The molecule has 0 aromatic carbocycles. The van der Waals surface area contributed by atoms with Gasteiger partial charge >= 0.3 is 6.18 Å². The van der Waals surface area contributed by atoms with Gasteiger partial charge < -0.3 is 0 Å². The molecule has 13 heavy (non-hydrogen) atoms. The number of halogens is 4. The zero-order valence-corrected chi connectivity index (χ0v) is 8.08. The van der Waals surface area contributed by atoms with Gasteiger partial charge in [0.05, 0.1) is 0 Å². The van der Waals surface area contributed by atoms with Gasteiger partial charge in [0.1, 0.15) is 0 Å². The number of alkyl halides is 3. The highest BCUT2D eigenvalue weighted by Crippen LogP contribution is 2.25. The fourth-order valence-corrected chi connectivity index (χ4v) is 0.732. The first kappa shape index (κ1) is 12.3. The molecule has 0 amide bonds. The molecule has 0 aliphatic carbocycles. The monoisotopic (exact) mass is 210 g/mol. The summed E-state index contributed by atoms with van der Waals surface area (Å²) in [6.45, 7) is 2.61. The molecular weight excluding hydrogens is 201 g/mol. The highest BCUT2D eigenvalue weighted by Gasteiger charge is 2.29. The van der Waals surface area contributed by atoms with E-state index in [-0.39, 0.29) is 0 Å². The van der Waals surface area contributed by atoms with Crippen LogP contribution in [0.15, 0.2) is 34.9 Å². The van der Waals surface area contributed by atoms with Crippen LogP contribution in [-0.2, 0) is 0 Å². The SMILES string of the molecule is CC(=C/C=C/Cl)/C=C(\C)C(F)(F)F. The molecule has 0 aromatic rings. The lowest BCUT2D eigenvalue weighted by molar-refractivity contribution is -0.0913. The Bertz CT molecular complexity index is 246. The highest BCUT2D eigenvalue weighted by molar-refractivity contribution is 6.25. The van der Waals surface area contributed by atoms with E-state index in [2.05, 4.69) is 0 Å². The second kappa shape index (κ2) is 5.12. The van der Waals surface area contributed by atoms with E-state index >= 15 is 0 Å². The summed E-state index contributed by atoms with van der Waals surface area (Å²) in [5, 5.41) is 0. The normalized spacial score (nSPS) is 15.5. The lowest BCUT2D eigenvalue weighted by atomic mass is 10.2. The van der Waals surface area contributed by atoms with Crippen LogP contribution in [0, 0.1) is 0 Å². The van der Waals surface area contributed by atoms with Crippen molar-refractivity contribution >= 4 is 11.6 Å². The average molecular weight is 211 g/mol. The van der Waals surface area contributed by atoms with Crippen LogP contribution in [0.3, 0.4) is 0 Å². The van der Waals surface area contributed by atoms with Crippen LogP contribution in [0.25, 0.3) is 0 Å². The zero-order chi connectivity index (χ0) is 10.5. The van der Waals surface area contributed by atoms with Crippen molar-refractivity contribution in [3.8, 4) is 0 Å². The Balaban J connectivity index is 4.57. The minimum absolute atomic E-state index is 0.506. The molecule has 0 atom stereocenters. The summed E-state index contributed by atoms with van der Waals surface area (Å²) >= 11 is 5.20. The van der Waals surface area contributed by atoms with Crippen molar-refractivity contribution in [1.29, 1.82) is 0 Å². The van der Waals surface area contributed by atoms with Gasteiger partial charge in [-0.05, 0) is 13.8 Å². The van der Waals surface area contributed by atoms with E-state index in [1.54, 1.807) is 6.92 Å². The van der Waals surface area contributed by atoms with Crippen molar-refractivity contribution in [2.45, 2.75) is 20.0 Å². The van der Waals surface area contributed by atoms with Crippen LogP contribution in [0.4, 0.5) is 13.2 Å². The maximum absolute atomic E-state index is 12.0. The third-order valence-electron chi connectivity index (χ3n) is 1.32. The van der Waals surface area contributed by atoms with E-state index < -0.39 is 11.7 Å². The van der Waals surface area contributed by atoms with Crippen molar-refractivity contribution in [2.24, 2.45) is 0 Å². The van der Waals surface area contributed by atoms with Crippen molar-refractivity contribution < 1.29 is 13.2 Å². The predicted molar refractivity (Wildman–Crippen MR) is 48.6 cm³/mol. The van der Waals surface area contributed by atoms with Gasteiger partial charge in [0.2, 0.25) is 0 Å². The van der Waals surface area contributed by atoms with E-state index in [0.717, 1.165) is 13.0 Å². The molecule has 0 fully saturated rings. The second-order valence-electron chi connectivity index (χ2n) is 2.55. The topological polar surface area (TPSA) is 0 Å². The summed E-state index contributed by atoms with van der Waals surface area (Å²) in [5.74, 6) is 0. The van der Waals surface area contributed by atoms with Gasteiger partial charge in [0.15, 0.2) is 0 Å². The maximum Gasteiger partial charge on any atom is 0.412 e. The van der Waals surface area contributed by atoms with Gasteiger partial charge in [-0.1, -0.05) is 35.4 Å². The van der Waals surface area contributed by atoms with Crippen molar-refractivity contribution in [3.05, 3.63) is 34.9 Å². The van der Waals surface area contributed by atoms with Crippen molar-refractivity contribution in [1.82, 2.24) is 0 Å². The third-order valence-corrected chi connectivity index (χ3v) is 1.47. The third kappa shape index (κ3) is 5.53.